The van der Waals surface area contributed by atoms with Crippen molar-refractivity contribution in [3.05, 3.63) is 29.3 Å². The standard InChI is InChI=1S/C15H21ClN4O4S/c1-17-14(21)10-18-15(22)11-19-6-8-20(9-7-19)25(23,24)13-5-3-2-4-12(13)16/h2-5H,6-11H2,1H3,(H,17,21)(H,18,22). The van der Waals surface area contributed by atoms with Crippen LogP contribution in [0.5, 0.6) is 0 Å². The average Bonchev–Trinajstić information content (AvgIpc) is 2.60. The summed E-state index contributed by atoms with van der Waals surface area (Å²) in [5, 5.41) is 5.12. The summed E-state index contributed by atoms with van der Waals surface area (Å²) in [6.07, 6.45) is 0. The number of benzene rings is 1. The molecule has 1 saturated heterocycles. The molecular weight excluding hydrogens is 368 g/mol. The fourth-order valence-electron chi connectivity index (χ4n) is 2.45. The van der Waals surface area contributed by atoms with Gasteiger partial charge in [-0.2, -0.15) is 4.31 Å². The third-order valence-electron chi connectivity index (χ3n) is 3.88. The molecule has 0 unspecified atom stereocenters. The van der Waals surface area contributed by atoms with E-state index < -0.39 is 10.0 Å². The van der Waals surface area contributed by atoms with Gasteiger partial charge in [0, 0.05) is 33.2 Å². The normalized spacial score (nSPS) is 16.4. The van der Waals surface area contributed by atoms with E-state index in [9.17, 15) is 18.0 Å². The van der Waals surface area contributed by atoms with Crippen LogP contribution in [0.2, 0.25) is 5.02 Å². The summed E-state index contributed by atoms with van der Waals surface area (Å²) in [7, 11) is -2.16. The molecule has 0 atom stereocenters. The number of nitrogens with one attached hydrogen (secondary N) is 2. The lowest BCUT2D eigenvalue weighted by Crippen LogP contribution is -2.51. The molecule has 2 rings (SSSR count). The van der Waals surface area contributed by atoms with Gasteiger partial charge in [0.05, 0.1) is 18.1 Å². The minimum Gasteiger partial charge on any atom is -0.358 e. The zero-order valence-corrected chi connectivity index (χ0v) is 15.4. The van der Waals surface area contributed by atoms with Gasteiger partial charge >= 0.3 is 0 Å². The van der Waals surface area contributed by atoms with Crippen LogP contribution in [-0.2, 0) is 19.6 Å². The summed E-state index contributed by atoms with van der Waals surface area (Å²) in [5.41, 5.74) is 0. The Labute approximate surface area is 152 Å². The number of rotatable bonds is 6. The van der Waals surface area contributed by atoms with Gasteiger partial charge < -0.3 is 10.6 Å². The van der Waals surface area contributed by atoms with Gasteiger partial charge in [-0.1, -0.05) is 23.7 Å². The molecule has 2 N–H and O–H groups in total. The molecule has 0 aliphatic carbocycles. The van der Waals surface area contributed by atoms with Crippen LogP contribution in [-0.4, -0.2) is 75.8 Å². The van der Waals surface area contributed by atoms with Gasteiger partial charge in [0.2, 0.25) is 21.8 Å². The summed E-state index contributed by atoms with van der Waals surface area (Å²) < 4.78 is 26.7. The predicted octanol–water partition coefficient (Wildman–Crippen LogP) is -0.491. The second-order valence-corrected chi connectivity index (χ2v) is 7.87. The summed E-state index contributed by atoms with van der Waals surface area (Å²) in [4.78, 5) is 24.8. The van der Waals surface area contributed by atoms with Gasteiger partial charge in [-0.05, 0) is 12.1 Å². The number of amides is 2. The molecule has 8 nitrogen and oxygen atoms in total. The Kier molecular flexibility index (Phi) is 6.77. The molecule has 0 radical (unpaired) electrons. The van der Waals surface area contributed by atoms with Crippen LogP contribution in [0, 0.1) is 0 Å². The summed E-state index contributed by atoms with van der Waals surface area (Å²) >= 11 is 6.00. The van der Waals surface area contributed by atoms with Crippen molar-refractivity contribution in [3.8, 4) is 0 Å². The first-order chi connectivity index (χ1) is 11.8. The van der Waals surface area contributed by atoms with Crippen LogP contribution < -0.4 is 10.6 Å². The van der Waals surface area contributed by atoms with E-state index in [1.54, 1.807) is 18.2 Å². The lowest BCUT2D eigenvalue weighted by molar-refractivity contribution is -0.126. The summed E-state index contributed by atoms with van der Waals surface area (Å²) in [6, 6.07) is 6.33. The number of hydrogen-bond acceptors (Lipinski definition) is 5. The van der Waals surface area contributed by atoms with E-state index in [2.05, 4.69) is 10.6 Å². The summed E-state index contributed by atoms with van der Waals surface area (Å²) in [6.45, 7) is 1.45. The van der Waals surface area contributed by atoms with Gasteiger partial charge in [-0.25, -0.2) is 8.42 Å². The maximum atomic E-state index is 12.6. The Bertz CT molecular complexity index is 733. The molecule has 0 bridgehead atoms. The molecule has 25 heavy (non-hydrogen) atoms. The topological polar surface area (TPSA) is 98.8 Å². The first-order valence-corrected chi connectivity index (χ1v) is 9.60. The van der Waals surface area contributed by atoms with Crippen molar-refractivity contribution in [2.45, 2.75) is 4.90 Å². The van der Waals surface area contributed by atoms with Crippen LogP contribution in [0.25, 0.3) is 0 Å². The van der Waals surface area contributed by atoms with E-state index >= 15 is 0 Å². The molecule has 1 aromatic carbocycles. The number of likely N-dealkylation sites (N-methyl/N-ethyl adjacent to an activating group) is 1. The van der Waals surface area contributed by atoms with Gasteiger partial charge in [0.15, 0.2) is 0 Å². The molecule has 138 valence electrons. The fourth-order valence-corrected chi connectivity index (χ4v) is 4.36. The predicted molar refractivity (Wildman–Crippen MR) is 93.7 cm³/mol. The van der Waals surface area contributed by atoms with E-state index in [-0.39, 0.29) is 47.9 Å². The first-order valence-electron chi connectivity index (χ1n) is 7.79. The third-order valence-corrected chi connectivity index (χ3v) is 6.28. The zero-order valence-electron chi connectivity index (χ0n) is 13.9. The fraction of sp³-hybridized carbons (Fsp3) is 0.467. The smallest absolute Gasteiger partial charge is 0.244 e. The third kappa shape index (κ3) is 5.15. The van der Waals surface area contributed by atoms with Gasteiger partial charge in [-0.15, -0.1) is 0 Å². The summed E-state index contributed by atoms with van der Waals surface area (Å²) in [5.74, 6) is -0.546. The minimum absolute atomic E-state index is 0.0732. The lowest BCUT2D eigenvalue weighted by atomic mass is 10.3. The number of carbonyl (C=O) groups is 2. The van der Waals surface area contributed by atoms with Crippen molar-refractivity contribution in [1.29, 1.82) is 0 Å². The highest BCUT2D eigenvalue weighted by molar-refractivity contribution is 7.89. The lowest BCUT2D eigenvalue weighted by Gasteiger charge is -2.33. The van der Waals surface area contributed by atoms with Crippen molar-refractivity contribution in [1.82, 2.24) is 19.8 Å². The molecule has 0 spiro atoms. The van der Waals surface area contributed by atoms with E-state index in [1.165, 1.54) is 17.4 Å². The maximum absolute atomic E-state index is 12.6. The molecule has 0 saturated carbocycles. The molecule has 0 aromatic heterocycles. The molecule has 1 aliphatic rings. The van der Waals surface area contributed by atoms with Gasteiger partial charge in [0.25, 0.3) is 0 Å². The zero-order chi connectivity index (χ0) is 18.4. The van der Waals surface area contributed by atoms with Crippen LogP contribution in [0.3, 0.4) is 0 Å². The number of piperazine rings is 1. The number of carbonyl (C=O) groups excluding carboxylic acids is 2. The monoisotopic (exact) mass is 388 g/mol. The molecule has 1 heterocycles. The number of sulfonamides is 1. The first kappa shape index (κ1) is 19.6. The Morgan fingerprint density at radius 2 is 1.76 bits per heavy atom. The number of hydrogen-bond donors (Lipinski definition) is 2. The highest BCUT2D eigenvalue weighted by atomic mass is 35.5. The highest BCUT2D eigenvalue weighted by Crippen LogP contribution is 2.24. The van der Waals surface area contributed by atoms with Crippen molar-refractivity contribution >= 4 is 33.4 Å². The second-order valence-electron chi connectivity index (χ2n) is 5.56. The van der Waals surface area contributed by atoms with Crippen LogP contribution in [0.1, 0.15) is 0 Å². The second kappa shape index (κ2) is 8.61. The minimum atomic E-state index is -3.65. The van der Waals surface area contributed by atoms with Crippen molar-refractivity contribution < 1.29 is 18.0 Å². The van der Waals surface area contributed by atoms with Crippen LogP contribution in [0.4, 0.5) is 0 Å². The average molecular weight is 389 g/mol. The number of halogens is 1. The van der Waals surface area contributed by atoms with E-state index in [1.807, 2.05) is 4.90 Å². The molecule has 10 heteroatoms. The van der Waals surface area contributed by atoms with E-state index in [0.717, 1.165) is 0 Å². The molecule has 2 amide bonds. The van der Waals surface area contributed by atoms with Gasteiger partial charge in [0.1, 0.15) is 4.90 Å². The van der Waals surface area contributed by atoms with Crippen molar-refractivity contribution in [2.75, 3.05) is 46.3 Å². The highest BCUT2D eigenvalue weighted by Gasteiger charge is 2.30. The Balaban J connectivity index is 1.88. The quantitative estimate of drug-likeness (QED) is 0.685. The Morgan fingerprint density at radius 1 is 1.12 bits per heavy atom. The van der Waals surface area contributed by atoms with Crippen molar-refractivity contribution in [3.63, 3.8) is 0 Å². The number of nitrogens with zero attached hydrogens (tertiary/aromatic N) is 2. The van der Waals surface area contributed by atoms with Crippen molar-refractivity contribution in [2.24, 2.45) is 0 Å². The molecule has 1 aliphatic heterocycles. The van der Waals surface area contributed by atoms with E-state index in [4.69, 9.17) is 11.6 Å². The molecular formula is C15H21ClN4O4S. The SMILES string of the molecule is CNC(=O)CNC(=O)CN1CCN(S(=O)(=O)c2ccccc2Cl)CC1. The van der Waals surface area contributed by atoms with Crippen LogP contribution >= 0.6 is 11.6 Å². The van der Waals surface area contributed by atoms with E-state index in [0.29, 0.717) is 13.1 Å². The largest absolute Gasteiger partial charge is 0.358 e. The Hall–Kier alpha value is -1.68. The van der Waals surface area contributed by atoms with Gasteiger partial charge in [-0.3, -0.25) is 14.5 Å². The molecule has 1 aromatic rings. The molecule has 1 fully saturated rings. The maximum Gasteiger partial charge on any atom is 0.244 e. The Morgan fingerprint density at radius 3 is 2.36 bits per heavy atom. The van der Waals surface area contributed by atoms with Crippen LogP contribution in [0.15, 0.2) is 29.2 Å².